The summed E-state index contributed by atoms with van der Waals surface area (Å²) in [5.41, 5.74) is 8.60. The fraction of sp³-hybridized carbons (Fsp3) is 0.167. The molecule has 7 nitrogen and oxygen atoms in total. The maximum absolute atomic E-state index is 13.4. The zero-order valence-electron chi connectivity index (χ0n) is 18.0. The molecule has 0 amide bonds. The molecule has 3 aromatic rings. The SMILES string of the molecule is Nc1c(S(=O)(=O)[O-])cc(Nc2cccc3c2CCCC3)c2c1C(=O)c1ccccc1C2=O.[Na+]. The molecular weight excluding hydrogens is 451 g/mol. The summed E-state index contributed by atoms with van der Waals surface area (Å²) in [7, 11) is -5.00. The molecular formula is C24H19N2NaO5S. The Kier molecular flexibility index (Phi) is 6.24. The van der Waals surface area contributed by atoms with Crippen LogP contribution in [-0.2, 0) is 23.0 Å². The number of fused-ring (bicyclic) bond motifs is 3. The summed E-state index contributed by atoms with van der Waals surface area (Å²) < 4.78 is 35.9. The van der Waals surface area contributed by atoms with E-state index in [-0.39, 0.29) is 57.5 Å². The number of hydrogen-bond acceptors (Lipinski definition) is 7. The molecule has 0 saturated carbocycles. The normalized spacial score (nSPS) is 14.6. The zero-order chi connectivity index (χ0) is 22.6. The van der Waals surface area contributed by atoms with Crippen LogP contribution < -0.4 is 40.6 Å². The van der Waals surface area contributed by atoms with Gasteiger partial charge in [-0.25, -0.2) is 8.42 Å². The Morgan fingerprint density at radius 3 is 2.15 bits per heavy atom. The van der Waals surface area contributed by atoms with Gasteiger partial charge in [-0.3, -0.25) is 9.59 Å². The van der Waals surface area contributed by atoms with Crippen molar-refractivity contribution >= 4 is 38.7 Å². The van der Waals surface area contributed by atoms with Crippen molar-refractivity contribution in [2.75, 3.05) is 11.1 Å². The molecule has 3 N–H and O–H groups in total. The summed E-state index contributed by atoms with van der Waals surface area (Å²) in [5, 5.41) is 3.15. The maximum Gasteiger partial charge on any atom is 1.00 e. The van der Waals surface area contributed by atoms with E-state index in [4.69, 9.17) is 5.73 Å². The second kappa shape index (κ2) is 8.70. The van der Waals surface area contributed by atoms with Gasteiger partial charge in [0.2, 0.25) is 0 Å². The summed E-state index contributed by atoms with van der Waals surface area (Å²) >= 11 is 0. The topological polar surface area (TPSA) is 129 Å². The summed E-state index contributed by atoms with van der Waals surface area (Å²) in [6.07, 6.45) is 3.85. The number of anilines is 3. The summed E-state index contributed by atoms with van der Waals surface area (Å²) in [5.74, 6) is -1.04. The Bertz CT molecular complexity index is 1430. The first kappa shape index (κ1) is 23.7. The predicted molar refractivity (Wildman–Crippen MR) is 118 cm³/mol. The Labute approximate surface area is 213 Å². The number of benzene rings is 3. The minimum absolute atomic E-state index is 0. The van der Waals surface area contributed by atoms with Gasteiger partial charge >= 0.3 is 29.6 Å². The Hall–Kier alpha value is -2.49. The third kappa shape index (κ3) is 3.92. The number of rotatable bonds is 3. The molecule has 0 bridgehead atoms. The smallest absolute Gasteiger partial charge is 0.744 e. The second-order valence-corrected chi connectivity index (χ2v) is 9.37. The van der Waals surface area contributed by atoms with Crippen LogP contribution in [0.2, 0.25) is 0 Å². The summed E-state index contributed by atoms with van der Waals surface area (Å²) in [6, 6.07) is 13.1. The summed E-state index contributed by atoms with van der Waals surface area (Å²) in [6.45, 7) is 0. The molecule has 0 radical (unpaired) electrons. The molecule has 0 spiro atoms. The second-order valence-electron chi connectivity index (χ2n) is 8.02. The molecule has 33 heavy (non-hydrogen) atoms. The Morgan fingerprint density at radius 1 is 0.848 bits per heavy atom. The number of nitrogen functional groups attached to an aromatic ring is 1. The van der Waals surface area contributed by atoms with Crippen LogP contribution in [0.25, 0.3) is 0 Å². The molecule has 0 aliphatic heterocycles. The molecule has 0 saturated heterocycles. The first-order valence-electron chi connectivity index (χ1n) is 10.3. The molecule has 3 aromatic carbocycles. The minimum atomic E-state index is -5.00. The van der Waals surface area contributed by atoms with Crippen molar-refractivity contribution in [3.05, 3.63) is 81.9 Å². The van der Waals surface area contributed by atoms with E-state index >= 15 is 0 Å². The van der Waals surface area contributed by atoms with E-state index in [0.717, 1.165) is 37.3 Å². The summed E-state index contributed by atoms with van der Waals surface area (Å²) in [4.78, 5) is 25.9. The van der Waals surface area contributed by atoms with Crippen molar-refractivity contribution in [1.82, 2.24) is 0 Å². The zero-order valence-corrected chi connectivity index (χ0v) is 20.8. The molecule has 9 heteroatoms. The quantitative estimate of drug-likeness (QED) is 0.254. The van der Waals surface area contributed by atoms with Crippen LogP contribution in [0.4, 0.5) is 17.1 Å². The van der Waals surface area contributed by atoms with Crippen molar-refractivity contribution in [2.45, 2.75) is 30.6 Å². The Balaban J connectivity index is 0.00000259. The number of ketones is 2. The largest absolute Gasteiger partial charge is 1.00 e. The van der Waals surface area contributed by atoms with Gasteiger partial charge in [0, 0.05) is 16.8 Å². The molecule has 0 aromatic heterocycles. The first-order valence-corrected chi connectivity index (χ1v) is 11.7. The molecule has 0 atom stereocenters. The van der Waals surface area contributed by atoms with Crippen LogP contribution in [0, 0.1) is 0 Å². The molecule has 162 valence electrons. The van der Waals surface area contributed by atoms with Gasteiger partial charge in [-0.05, 0) is 48.9 Å². The molecule has 0 heterocycles. The van der Waals surface area contributed by atoms with E-state index in [1.807, 2.05) is 18.2 Å². The molecule has 0 unspecified atom stereocenters. The van der Waals surface area contributed by atoms with E-state index in [1.54, 1.807) is 18.2 Å². The van der Waals surface area contributed by atoms with Gasteiger partial charge in [0.15, 0.2) is 11.6 Å². The van der Waals surface area contributed by atoms with Crippen molar-refractivity contribution in [1.29, 1.82) is 0 Å². The van der Waals surface area contributed by atoms with Crippen LogP contribution in [0.3, 0.4) is 0 Å². The van der Waals surface area contributed by atoms with E-state index in [9.17, 15) is 22.6 Å². The van der Waals surface area contributed by atoms with Crippen molar-refractivity contribution < 1.29 is 52.1 Å². The van der Waals surface area contributed by atoms with Gasteiger partial charge in [-0.1, -0.05) is 36.4 Å². The fourth-order valence-corrected chi connectivity index (χ4v) is 5.28. The third-order valence-corrected chi connectivity index (χ3v) is 7.01. The van der Waals surface area contributed by atoms with Gasteiger partial charge in [0.1, 0.15) is 10.1 Å². The maximum atomic E-state index is 13.4. The van der Waals surface area contributed by atoms with Crippen molar-refractivity contribution in [3.8, 4) is 0 Å². The molecule has 2 aliphatic rings. The average molecular weight is 470 g/mol. The van der Waals surface area contributed by atoms with Crippen LogP contribution in [0.15, 0.2) is 53.4 Å². The molecule has 0 fully saturated rings. The predicted octanol–water partition coefficient (Wildman–Crippen LogP) is 0.575. The monoisotopic (exact) mass is 470 g/mol. The minimum Gasteiger partial charge on any atom is -0.744 e. The van der Waals surface area contributed by atoms with Crippen LogP contribution in [-0.4, -0.2) is 24.5 Å². The number of aryl methyl sites for hydroxylation is 1. The number of nitrogens with two attached hydrogens (primary N) is 1. The number of carbonyl (C=O) groups is 2. The van der Waals surface area contributed by atoms with E-state index < -0.39 is 32.3 Å². The first-order chi connectivity index (χ1) is 15.3. The van der Waals surface area contributed by atoms with E-state index in [2.05, 4.69) is 5.32 Å². The van der Waals surface area contributed by atoms with E-state index in [0.29, 0.717) is 5.69 Å². The molecule has 5 rings (SSSR count). The average Bonchev–Trinajstić information content (AvgIpc) is 2.78. The van der Waals surface area contributed by atoms with Crippen LogP contribution >= 0.6 is 0 Å². The molecule has 2 aliphatic carbocycles. The third-order valence-electron chi connectivity index (χ3n) is 6.13. The van der Waals surface area contributed by atoms with Gasteiger partial charge in [-0.15, -0.1) is 0 Å². The van der Waals surface area contributed by atoms with Gasteiger partial charge in [0.05, 0.1) is 27.4 Å². The van der Waals surface area contributed by atoms with Crippen LogP contribution in [0.1, 0.15) is 55.8 Å². The standard InChI is InChI=1S/C24H20N2O5S.Na/c25-22-19(32(29,30)31)12-18(26-17-11-5-7-13-6-1-2-8-14(13)17)20-21(22)24(28)16-10-4-3-9-15(16)23(20)27;/h3-5,7,9-12,26H,1-2,6,8,25H2,(H,29,30,31);/q;+1/p-1. The number of hydrogen-bond donors (Lipinski definition) is 2. The van der Waals surface area contributed by atoms with Crippen molar-refractivity contribution in [3.63, 3.8) is 0 Å². The van der Waals surface area contributed by atoms with Crippen LogP contribution in [0.5, 0.6) is 0 Å². The van der Waals surface area contributed by atoms with Gasteiger partial charge in [-0.2, -0.15) is 0 Å². The fourth-order valence-electron chi connectivity index (χ4n) is 4.64. The van der Waals surface area contributed by atoms with Gasteiger partial charge < -0.3 is 15.6 Å². The van der Waals surface area contributed by atoms with Crippen molar-refractivity contribution in [2.24, 2.45) is 0 Å². The number of nitrogens with one attached hydrogen (secondary N) is 1. The van der Waals surface area contributed by atoms with Gasteiger partial charge in [0.25, 0.3) is 0 Å². The number of carbonyl (C=O) groups excluding carboxylic acids is 2. The van der Waals surface area contributed by atoms with E-state index in [1.165, 1.54) is 11.6 Å². The Morgan fingerprint density at radius 2 is 1.48 bits per heavy atom.